The second-order valence-electron chi connectivity index (χ2n) is 4.66. The van der Waals surface area contributed by atoms with Crippen LogP contribution in [0, 0.1) is 0 Å². The number of piperazine rings is 1. The van der Waals surface area contributed by atoms with Gasteiger partial charge in [-0.05, 0) is 17.7 Å². The number of phenols is 1. The Balaban J connectivity index is 2.33. The summed E-state index contributed by atoms with van der Waals surface area (Å²) in [7, 11) is 1.35. The van der Waals surface area contributed by atoms with Crippen LogP contribution in [0.2, 0.25) is 0 Å². The van der Waals surface area contributed by atoms with Gasteiger partial charge in [0.05, 0.1) is 7.11 Å². The SMILES string of the molecule is COc1ccc([C@H](N2CCNCC2)C(F)(F)F)cc1O. The van der Waals surface area contributed by atoms with Crippen molar-refractivity contribution in [1.29, 1.82) is 0 Å². The first kappa shape index (κ1) is 14.9. The van der Waals surface area contributed by atoms with Crippen LogP contribution in [0.25, 0.3) is 0 Å². The molecule has 1 aromatic carbocycles. The number of ether oxygens (including phenoxy) is 1. The van der Waals surface area contributed by atoms with Gasteiger partial charge in [0, 0.05) is 26.2 Å². The second kappa shape index (κ2) is 5.88. The predicted molar refractivity (Wildman–Crippen MR) is 67.9 cm³/mol. The smallest absolute Gasteiger partial charge is 0.408 e. The first-order chi connectivity index (χ1) is 9.43. The zero-order valence-corrected chi connectivity index (χ0v) is 11.1. The number of benzene rings is 1. The molecule has 1 fully saturated rings. The molecule has 0 unspecified atom stereocenters. The number of aromatic hydroxyl groups is 1. The van der Waals surface area contributed by atoms with E-state index in [4.69, 9.17) is 4.74 Å². The lowest BCUT2D eigenvalue weighted by atomic mass is 10.0. The van der Waals surface area contributed by atoms with Gasteiger partial charge in [0.1, 0.15) is 6.04 Å². The maximum absolute atomic E-state index is 13.3. The van der Waals surface area contributed by atoms with E-state index in [9.17, 15) is 18.3 Å². The molecule has 1 atom stereocenters. The van der Waals surface area contributed by atoms with E-state index in [1.54, 1.807) is 0 Å². The Bertz CT molecular complexity index is 459. The van der Waals surface area contributed by atoms with Crippen molar-refractivity contribution in [1.82, 2.24) is 10.2 Å². The van der Waals surface area contributed by atoms with E-state index in [1.165, 1.54) is 24.1 Å². The molecule has 4 nitrogen and oxygen atoms in total. The fraction of sp³-hybridized carbons (Fsp3) is 0.538. The van der Waals surface area contributed by atoms with Crippen molar-refractivity contribution in [3.8, 4) is 11.5 Å². The highest BCUT2D eigenvalue weighted by Gasteiger charge is 2.45. The van der Waals surface area contributed by atoms with Gasteiger partial charge < -0.3 is 15.2 Å². The summed E-state index contributed by atoms with van der Waals surface area (Å²) in [6, 6.07) is 2.12. The molecule has 0 aliphatic carbocycles. The molecule has 0 bridgehead atoms. The van der Waals surface area contributed by atoms with Crippen molar-refractivity contribution in [2.24, 2.45) is 0 Å². The van der Waals surface area contributed by atoms with Gasteiger partial charge in [-0.25, -0.2) is 0 Å². The number of rotatable bonds is 3. The van der Waals surface area contributed by atoms with Crippen molar-refractivity contribution in [3.05, 3.63) is 23.8 Å². The van der Waals surface area contributed by atoms with Crippen LogP contribution in [0.3, 0.4) is 0 Å². The molecule has 1 heterocycles. The average Bonchev–Trinajstić information content (AvgIpc) is 2.39. The highest BCUT2D eigenvalue weighted by molar-refractivity contribution is 5.43. The Hall–Kier alpha value is -1.47. The molecule has 0 saturated carbocycles. The van der Waals surface area contributed by atoms with Gasteiger partial charge in [-0.15, -0.1) is 0 Å². The number of hydrogen-bond donors (Lipinski definition) is 2. The number of nitrogens with one attached hydrogen (secondary N) is 1. The quantitative estimate of drug-likeness (QED) is 0.892. The number of halogens is 3. The lowest BCUT2D eigenvalue weighted by Crippen LogP contribution is -2.49. The van der Waals surface area contributed by atoms with Gasteiger partial charge in [0.15, 0.2) is 11.5 Å². The van der Waals surface area contributed by atoms with Crippen molar-refractivity contribution in [2.45, 2.75) is 12.2 Å². The minimum atomic E-state index is -4.39. The molecule has 20 heavy (non-hydrogen) atoms. The molecular formula is C13H17F3N2O2. The predicted octanol–water partition coefficient (Wildman–Crippen LogP) is 1.91. The van der Waals surface area contributed by atoms with Crippen LogP contribution >= 0.6 is 0 Å². The lowest BCUT2D eigenvalue weighted by Gasteiger charge is -2.36. The lowest BCUT2D eigenvalue weighted by molar-refractivity contribution is -0.187. The Morgan fingerprint density at radius 1 is 1.30 bits per heavy atom. The van der Waals surface area contributed by atoms with Gasteiger partial charge in [-0.2, -0.15) is 13.2 Å². The van der Waals surface area contributed by atoms with E-state index in [-0.39, 0.29) is 17.1 Å². The molecule has 7 heteroatoms. The number of phenolic OH excluding ortho intramolecular Hbond substituents is 1. The Morgan fingerprint density at radius 3 is 2.45 bits per heavy atom. The number of alkyl halides is 3. The second-order valence-corrected chi connectivity index (χ2v) is 4.66. The molecule has 1 aliphatic heterocycles. The van der Waals surface area contributed by atoms with Crippen molar-refractivity contribution >= 4 is 0 Å². The van der Waals surface area contributed by atoms with E-state index in [2.05, 4.69) is 5.32 Å². The van der Waals surface area contributed by atoms with E-state index >= 15 is 0 Å². The van der Waals surface area contributed by atoms with Crippen molar-refractivity contribution in [2.75, 3.05) is 33.3 Å². The van der Waals surface area contributed by atoms with E-state index in [0.29, 0.717) is 26.2 Å². The minimum Gasteiger partial charge on any atom is -0.504 e. The number of nitrogens with zero attached hydrogens (tertiary/aromatic N) is 1. The fourth-order valence-corrected chi connectivity index (χ4v) is 2.42. The third-order valence-electron chi connectivity index (χ3n) is 3.35. The van der Waals surface area contributed by atoms with E-state index in [0.717, 1.165) is 6.07 Å². The van der Waals surface area contributed by atoms with Crippen LogP contribution in [-0.2, 0) is 0 Å². The molecule has 2 N–H and O–H groups in total. The molecular weight excluding hydrogens is 273 g/mol. The molecule has 0 aromatic heterocycles. The zero-order chi connectivity index (χ0) is 14.8. The molecule has 1 aliphatic rings. The van der Waals surface area contributed by atoms with Crippen LogP contribution in [0.1, 0.15) is 11.6 Å². The van der Waals surface area contributed by atoms with Crippen LogP contribution in [-0.4, -0.2) is 49.5 Å². The monoisotopic (exact) mass is 290 g/mol. The molecule has 0 radical (unpaired) electrons. The van der Waals surface area contributed by atoms with Gasteiger partial charge in [-0.3, -0.25) is 4.90 Å². The van der Waals surface area contributed by atoms with Crippen molar-refractivity contribution in [3.63, 3.8) is 0 Å². The Labute approximate surface area is 115 Å². The Morgan fingerprint density at radius 2 is 1.95 bits per heavy atom. The largest absolute Gasteiger partial charge is 0.504 e. The van der Waals surface area contributed by atoms with Gasteiger partial charge in [0.25, 0.3) is 0 Å². The Kier molecular flexibility index (Phi) is 4.39. The summed E-state index contributed by atoms with van der Waals surface area (Å²) >= 11 is 0. The molecule has 1 saturated heterocycles. The van der Waals surface area contributed by atoms with Crippen LogP contribution in [0.4, 0.5) is 13.2 Å². The fourth-order valence-electron chi connectivity index (χ4n) is 2.42. The van der Waals surface area contributed by atoms with Gasteiger partial charge in [0.2, 0.25) is 0 Å². The zero-order valence-electron chi connectivity index (χ0n) is 11.1. The first-order valence-electron chi connectivity index (χ1n) is 6.32. The molecule has 112 valence electrons. The molecule has 1 aromatic rings. The average molecular weight is 290 g/mol. The maximum atomic E-state index is 13.3. The van der Waals surface area contributed by atoms with Crippen LogP contribution in [0.5, 0.6) is 11.5 Å². The third-order valence-corrected chi connectivity index (χ3v) is 3.35. The topological polar surface area (TPSA) is 44.7 Å². The molecule has 0 amide bonds. The normalized spacial score (nSPS) is 18.8. The summed E-state index contributed by atoms with van der Waals surface area (Å²) in [5.74, 6) is -0.121. The summed E-state index contributed by atoms with van der Waals surface area (Å²) in [5, 5.41) is 12.7. The summed E-state index contributed by atoms with van der Waals surface area (Å²) in [5.41, 5.74) is 0.0256. The summed E-state index contributed by atoms with van der Waals surface area (Å²) in [6.45, 7) is 1.68. The first-order valence-corrected chi connectivity index (χ1v) is 6.32. The molecule has 2 rings (SSSR count). The summed E-state index contributed by atoms with van der Waals surface area (Å²) in [4.78, 5) is 1.37. The van der Waals surface area contributed by atoms with Crippen LogP contribution < -0.4 is 10.1 Å². The highest BCUT2D eigenvalue weighted by Crippen LogP contribution is 2.40. The third kappa shape index (κ3) is 3.16. The van der Waals surface area contributed by atoms with Gasteiger partial charge in [-0.1, -0.05) is 6.07 Å². The minimum absolute atomic E-state index is 0.0256. The standard InChI is InChI=1S/C13H17F3N2O2/c1-20-11-3-2-9(8-10(11)19)12(13(14,15)16)18-6-4-17-5-7-18/h2-3,8,12,17,19H,4-7H2,1H3/t12-/m0/s1. The van der Waals surface area contributed by atoms with E-state index in [1.807, 2.05) is 0 Å². The number of hydrogen-bond acceptors (Lipinski definition) is 4. The summed E-state index contributed by atoms with van der Waals surface area (Å²) < 4.78 is 44.8. The summed E-state index contributed by atoms with van der Waals surface area (Å²) in [6.07, 6.45) is -4.39. The maximum Gasteiger partial charge on any atom is 0.408 e. The van der Waals surface area contributed by atoms with Crippen molar-refractivity contribution < 1.29 is 23.0 Å². The van der Waals surface area contributed by atoms with Gasteiger partial charge >= 0.3 is 6.18 Å². The van der Waals surface area contributed by atoms with E-state index < -0.39 is 12.2 Å². The highest BCUT2D eigenvalue weighted by atomic mass is 19.4. The van der Waals surface area contributed by atoms with Crippen LogP contribution in [0.15, 0.2) is 18.2 Å². The molecule has 0 spiro atoms. The number of methoxy groups -OCH3 is 1.